The molecule has 0 radical (unpaired) electrons. The van der Waals surface area contributed by atoms with Crippen LogP contribution in [0.5, 0.6) is 0 Å². The number of hydrogen-bond acceptors (Lipinski definition) is 4. The van der Waals surface area contributed by atoms with Gasteiger partial charge in [-0.05, 0) is 24.3 Å². The van der Waals surface area contributed by atoms with Crippen LogP contribution in [0.1, 0.15) is 33.4 Å². The summed E-state index contributed by atoms with van der Waals surface area (Å²) in [7, 11) is 0. The summed E-state index contributed by atoms with van der Waals surface area (Å²) in [6.07, 6.45) is 0. The first-order chi connectivity index (χ1) is 23.6. The van der Waals surface area contributed by atoms with Gasteiger partial charge in [-0.2, -0.15) is 0 Å². The first-order valence-electron chi connectivity index (χ1n) is 15.7. The van der Waals surface area contributed by atoms with Crippen molar-refractivity contribution in [1.82, 2.24) is 0 Å². The summed E-state index contributed by atoms with van der Waals surface area (Å²) < 4.78 is 1.93. The van der Waals surface area contributed by atoms with Crippen LogP contribution in [0.15, 0.2) is 199 Å². The van der Waals surface area contributed by atoms with Gasteiger partial charge in [0.25, 0.3) is 0 Å². The van der Waals surface area contributed by atoms with Gasteiger partial charge in [-0.3, -0.25) is 0 Å². The molecule has 0 saturated carbocycles. The number of aliphatic imine (C=N–C) groups is 4. The van der Waals surface area contributed by atoms with Gasteiger partial charge < -0.3 is 0 Å². The van der Waals surface area contributed by atoms with Gasteiger partial charge in [0.05, 0.1) is 22.8 Å². The van der Waals surface area contributed by atoms with Crippen LogP contribution in [0.2, 0.25) is 0 Å². The first kappa shape index (κ1) is 30.3. The molecule has 230 valence electrons. The summed E-state index contributed by atoms with van der Waals surface area (Å²) in [5, 5.41) is 0. The van der Waals surface area contributed by atoms with Crippen molar-refractivity contribution in [2.24, 2.45) is 20.0 Å². The van der Waals surface area contributed by atoms with Crippen molar-refractivity contribution < 1.29 is 0 Å². The molecule has 6 heteroatoms. The third-order valence-corrected chi connectivity index (χ3v) is 9.77. The fourth-order valence-corrected chi connectivity index (χ4v) is 6.96. The molecule has 0 saturated heterocycles. The van der Waals surface area contributed by atoms with Crippen LogP contribution < -0.4 is 0 Å². The molecule has 6 aromatic carbocycles. The molecule has 0 fully saturated rings. The van der Waals surface area contributed by atoms with Gasteiger partial charge in [-0.15, -0.1) is 0 Å². The van der Waals surface area contributed by atoms with E-state index in [-0.39, 0.29) is 0 Å². The third-order valence-electron chi connectivity index (χ3n) is 8.71. The van der Waals surface area contributed by atoms with Crippen molar-refractivity contribution in [1.29, 1.82) is 0 Å². The normalized spacial score (nSPS) is 16.1. The van der Waals surface area contributed by atoms with E-state index in [0.29, 0.717) is 0 Å². The lowest BCUT2D eigenvalue weighted by molar-refractivity contribution is 0.257. The van der Waals surface area contributed by atoms with Crippen molar-refractivity contribution >= 4 is 54.7 Å². The Morgan fingerprint density at radius 3 is 0.750 bits per heavy atom. The Balaban J connectivity index is 1.53. The number of nitrogens with zero attached hydrogens (tertiary/aromatic N) is 4. The summed E-state index contributed by atoms with van der Waals surface area (Å²) in [5.74, 6) is 0. The zero-order valence-electron chi connectivity index (χ0n) is 25.7. The maximum absolute atomic E-state index is 5.73. The monoisotopic (exact) mass is 746 g/mol. The molecule has 0 atom stereocenters. The second kappa shape index (κ2) is 12.5. The average molecular weight is 749 g/mol. The Bertz CT molecular complexity index is 1940. The van der Waals surface area contributed by atoms with Gasteiger partial charge in [-0.25, -0.2) is 20.0 Å². The second-order valence-corrected chi connectivity index (χ2v) is 13.5. The minimum atomic E-state index is -1.31. The van der Waals surface area contributed by atoms with Gasteiger partial charge in [0.2, 0.25) is 11.3 Å². The summed E-state index contributed by atoms with van der Waals surface area (Å²) in [6, 6.07) is 57.6. The van der Waals surface area contributed by atoms with E-state index in [2.05, 4.69) is 105 Å². The fourth-order valence-electron chi connectivity index (χ4n) is 6.44. The Morgan fingerprint density at radius 2 is 0.521 bits per heavy atom. The maximum atomic E-state index is 5.73. The van der Waals surface area contributed by atoms with E-state index in [1.165, 1.54) is 0 Å². The molecule has 0 amide bonds. The zero-order valence-corrected chi connectivity index (χ0v) is 28.9. The van der Waals surface area contributed by atoms with Crippen molar-refractivity contribution in [3.05, 3.63) is 212 Å². The minimum absolute atomic E-state index is 0.793. The van der Waals surface area contributed by atoms with Gasteiger partial charge in [0, 0.05) is 42.3 Å². The standard InChI is InChI=1S/C42H28Br2N4/c43-35-25-21-33(22-26-35)41(45-37(29-13-5-1-6-14-29)38(46-41)30-15-7-2-8-16-30)42(34-23-27-36(44)28-24-34)47-39(31-17-9-3-10-18-31)40(48-42)32-19-11-4-12-20-32/h1-28H. The summed E-state index contributed by atoms with van der Waals surface area (Å²) in [5.41, 5.74) is 6.20. The van der Waals surface area contributed by atoms with E-state index in [4.69, 9.17) is 20.0 Å². The fraction of sp³-hybridized carbons (Fsp3) is 0.0476. The molecular formula is C42H28Br2N4. The molecule has 2 aliphatic rings. The summed E-state index contributed by atoms with van der Waals surface area (Å²) in [6.45, 7) is 0. The number of halogens is 2. The number of benzene rings is 6. The van der Waals surface area contributed by atoms with Gasteiger partial charge in [0.15, 0.2) is 0 Å². The molecule has 48 heavy (non-hydrogen) atoms. The van der Waals surface area contributed by atoms with E-state index in [0.717, 1.165) is 65.2 Å². The van der Waals surface area contributed by atoms with Crippen molar-refractivity contribution in [2.75, 3.05) is 0 Å². The molecule has 0 aromatic heterocycles. The SMILES string of the molecule is Brc1ccc(C2(C3(c4ccc(Br)cc4)N=C(c4ccccc4)C(c4ccccc4)=N3)N=C(c3ccccc3)C(c3ccccc3)=N2)cc1. The predicted octanol–water partition coefficient (Wildman–Crippen LogP) is 10.2. The first-order valence-corrected chi connectivity index (χ1v) is 17.3. The third kappa shape index (κ3) is 5.22. The van der Waals surface area contributed by atoms with Crippen LogP contribution in [0.4, 0.5) is 0 Å². The van der Waals surface area contributed by atoms with Gasteiger partial charge >= 0.3 is 0 Å². The smallest absolute Gasteiger partial charge is 0.226 e. The van der Waals surface area contributed by atoms with Crippen molar-refractivity contribution in [3.63, 3.8) is 0 Å². The molecular weight excluding hydrogens is 720 g/mol. The Labute approximate surface area is 296 Å². The van der Waals surface area contributed by atoms with E-state index >= 15 is 0 Å². The highest BCUT2D eigenvalue weighted by Gasteiger charge is 2.60. The van der Waals surface area contributed by atoms with Crippen LogP contribution in [0, 0.1) is 0 Å². The summed E-state index contributed by atoms with van der Waals surface area (Å²) >= 11 is 7.33. The lowest BCUT2D eigenvalue weighted by Gasteiger charge is -2.38. The minimum Gasteiger partial charge on any atom is -0.243 e. The van der Waals surface area contributed by atoms with Crippen molar-refractivity contribution in [2.45, 2.75) is 11.3 Å². The molecule has 4 nitrogen and oxygen atoms in total. The zero-order chi connectivity index (χ0) is 32.6. The van der Waals surface area contributed by atoms with Gasteiger partial charge in [-0.1, -0.05) is 177 Å². The highest BCUT2D eigenvalue weighted by Crippen LogP contribution is 2.54. The Kier molecular flexibility index (Phi) is 7.91. The van der Waals surface area contributed by atoms with Crippen LogP contribution in [-0.2, 0) is 11.3 Å². The Morgan fingerprint density at radius 1 is 0.292 bits per heavy atom. The molecule has 6 aromatic rings. The second-order valence-electron chi connectivity index (χ2n) is 11.7. The predicted molar refractivity (Wildman–Crippen MR) is 204 cm³/mol. The topological polar surface area (TPSA) is 49.4 Å². The molecule has 0 N–H and O–H groups in total. The van der Waals surface area contributed by atoms with Crippen LogP contribution in [0.3, 0.4) is 0 Å². The number of rotatable bonds is 7. The molecule has 0 aliphatic carbocycles. The highest BCUT2D eigenvalue weighted by molar-refractivity contribution is 9.10. The van der Waals surface area contributed by atoms with Crippen LogP contribution in [0.25, 0.3) is 0 Å². The van der Waals surface area contributed by atoms with E-state index in [1.54, 1.807) is 0 Å². The summed E-state index contributed by atoms with van der Waals surface area (Å²) in [4.78, 5) is 22.9. The Hall–Kier alpha value is -5.04. The average Bonchev–Trinajstić information content (AvgIpc) is 3.77. The molecule has 0 spiro atoms. The molecule has 2 heterocycles. The van der Waals surface area contributed by atoms with Crippen LogP contribution >= 0.6 is 31.9 Å². The highest BCUT2D eigenvalue weighted by atomic mass is 79.9. The van der Waals surface area contributed by atoms with Crippen LogP contribution in [-0.4, -0.2) is 22.8 Å². The van der Waals surface area contributed by atoms with E-state index in [1.807, 2.05) is 97.1 Å². The maximum Gasteiger partial charge on any atom is 0.226 e. The lowest BCUT2D eigenvalue weighted by atomic mass is 9.82. The molecule has 8 rings (SSSR count). The van der Waals surface area contributed by atoms with Gasteiger partial charge in [0.1, 0.15) is 0 Å². The van der Waals surface area contributed by atoms with E-state index in [9.17, 15) is 0 Å². The largest absolute Gasteiger partial charge is 0.243 e. The molecule has 0 bridgehead atoms. The lowest BCUT2D eigenvalue weighted by Crippen LogP contribution is -2.43. The quantitative estimate of drug-likeness (QED) is 0.156. The van der Waals surface area contributed by atoms with E-state index < -0.39 is 11.3 Å². The van der Waals surface area contributed by atoms with Crippen molar-refractivity contribution in [3.8, 4) is 0 Å². The molecule has 2 aliphatic heterocycles. The number of hydrogen-bond donors (Lipinski definition) is 0. The molecule has 0 unspecified atom stereocenters.